The molecule has 4 rings (SSSR count). The minimum Gasteiger partial charge on any atom is -0.461 e. The molecule has 240 valence electrons. The second-order valence-electron chi connectivity index (χ2n) is 11.8. The van der Waals surface area contributed by atoms with Gasteiger partial charge < -0.3 is 26.2 Å². The third kappa shape index (κ3) is 8.27. The van der Waals surface area contributed by atoms with Gasteiger partial charge in [-0.3, -0.25) is 9.59 Å². The number of ether oxygens (including phenoxy) is 1. The molecule has 3 aromatic rings. The molecular formula is C36H44BrN3O5. The first kappa shape index (κ1) is 34.5. The number of nitrogen functional groups attached to an aromatic ring is 1. The highest BCUT2D eigenvalue weighted by Crippen LogP contribution is 2.34. The van der Waals surface area contributed by atoms with Crippen LogP contribution in [0.25, 0.3) is 0 Å². The van der Waals surface area contributed by atoms with Crippen LogP contribution in [0, 0.1) is 0 Å². The summed E-state index contributed by atoms with van der Waals surface area (Å²) < 4.78 is 6.19. The van der Waals surface area contributed by atoms with Gasteiger partial charge in [-0.1, -0.05) is 86.8 Å². The Morgan fingerprint density at radius 1 is 1.00 bits per heavy atom. The number of anilines is 1. The molecule has 8 nitrogen and oxygen atoms in total. The number of hydrogen-bond donors (Lipinski definition) is 4. The molecule has 3 aromatic carbocycles. The van der Waals surface area contributed by atoms with E-state index in [1.807, 2.05) is 6.07 Å². The number of nitrogens with one attached hydrogen (secondary N) is 2. The van der Waals surface area contributed by atoms with Crippen LogP contribution in [0.5, 0.6) is 0 Å². The van der Waals surface area contributed by atoms with Gasteiger partial charge in [0.25, 0.3) is 0 Å². The summed E-state index contributed by atoms with van der Waals surface area (Å²) in [4.78, 5) is 40.8. The van der Waals surface area contributed by atoms with Crippen LogP contribution in [-0.4, -0.2) is 54.5 Å². The Bertz CT molecular complexity index is 1450. The number of carbonyl (C=O) groups is 3. The predicted molar refractivity (Wildman–Crippen MR) is 180 cm³/mol. The maximum Gasteiger partial charge on any atom is 0.338 e. The molecule has 9 heteroatoms. The van der Waals surface area contributed by atoms with Crippen LogP contribution in [0.15, 0.2) is 77.3 Å². The molecule has 0 radical (unpaired) electrons. The number of esters is 1. The minimum atomic E-state index is -1.55. The summed E-state index contributed by atoms with van der Waals surface area (Å²) in [6, 6.07) is 20.3. The van der Waals surface area contributed by atoms with Crippen LogP contribution < -0.4 is 16.4 Å². The van der Waals surface area contributed by atoms with Crippen LogP contribution in [0.3, 0.4) is 0 Å². The number of halogens is 1. The van der Waals surface area contributed by atoms with E-state index >= 15 is 0 Å². The normalized spacial score (nSPS) is 16.4. The number of carbonyl (C=O) groups excluding carboxylic acids is 3. The van der Waals surface area contributed by atoms with Crippen molar-refractivity contribution < 1.29 is 24.2 Å². The summed E-state index contributed by atoms with van der Waals surface area (Å²) in [5.41, 5.74) is 7.65. The molecule has 5 N–H and O–H groups in total. The van der Waals surface area contributed by atoms with E-state index in [4.69, 9.17) is 10.5 Å². The Balaban J connectivity index is 1.42. The Morgan fingerprint density at radius 2 is 1.64 bits per heavy atom. The van der Waals surface area contributed by atoms with Crippen molar-refractivity contribution in [1.29, 1.82) is 0 Å². The molecular weight excluding hydrogens is 634 g/mol. The van der Waals surface area contributed by atoms with E-state index in [-0.39, 0.29) is 25.0 Å². The number of ketones is 2. The van der Waals surface area contributed by atoms with Crippen molar-refractivity contribution in [2.75, 3.05) is 25.5 Å². The van der Waals surface area contributed by atoms with Gasteiger partial charge >= 0.3 is 5.97 Å². The average molecular weight is 679 g/mol. The van der Waals surface area contributed by atoms with Gasteiger partial charge in [0, 0.05) is 28.7 Å². The molecule has 1 saturated carbocycles. The third-order valence-corrected chi connectivity index (χ3v) is 9.44. The van der Waals surface area contributed by atoms with Gasteiger partial charge in [-0.05, 0) is 65.4 Å². The molecule has 3 atom stereocenters. The quantitative estimate of drug-likeness (QED) is 0.0513. The SMILES string of the molecule is CCC(NC1CCCCC1)c1cc(C(=O)OCCNC(CO)C(=O)C(C)(C(=O)c2ccccc2)c2ccccc2)cc(Br)c1N. The van der Waals surface area contributed by atoms with Crippen LogP contribution in [0.4, 0.5) is 5.69 Å². The van der Waals surface area contributed by atoms with Crippen LogP contribution in [0.1, 0.15) is 90.3 Å². The molecule has 0 aliphatic heterocycles. The van der Waals surface area contributed by atoms with Crippen molar-refractivity contribution in [2.24, 2.45) is 0 Å². The lowest BCUT2D eigenvalue weighted by molar-refractivity contribution is -0.125. The fraction of sp³-hybridized carbons (Fsp3) is 0.417. The number of benzene rings is 3. The smallest absolute Gasteiger partial charge is 0.338 e. The molecule has 1 aliphatic rings. The number of aliphatic hydroxyl groups is 1. The first-order chi connectivity index (χ1) is 21.7. The van der Waals surface area contributed by atoms with Gasteiger partial charge in [-0.25, -0.2) is 4.79 Å². The highest BCUT2D eigenvalue weighted by atomic mass is 79.9. The molecule has 0 heterocycles. The Morgan fingerprint density at radius 3 is 2.27 bits per heavy atom. The standard InChI is InChI=1S/C36H44BrN3O5/c1-3-30(40-27-17-11-6-12-18-27)28-21-25(22-29(37)32(28)38)35(44)45-20-19-39-31(23-41)34(43)36(2,26-15-9-5-10-16-26)33(42)24-13-7-4-8-14-24/h4-5,7-10,13-16,21-22,27,30-31,39-41H,3,6,11-12,17-20,23,38H2,1-2H3. The molecule has 0 spiro atoms. The van der Waals surface area contributed by atoms with Gasteiger partial charge in [-0.2, -0.15) is 0 Å². The maximum absolute atomic E-state index is 13.9. The molecule has 0 saturated heterocycles. The van der Waals surface area contributed by atoms with Crippen molar-refractivity contribution in [2.45, 2.75) is 75.9 Å². The minimum absolute atomic E-state index is 0.00710. The van der Waals surface area contributed by atoms with E-state index in [1.165, 1.54) is 19.3 Å². The fourth-order valence-electron chi connectivity index (χ4n) is 6.11. The Hall–Kier alpha value is -3.37. The second kappa shape index (κ2) is 16.3. The maximum atomic E-state index is 13.9. The van der Waals surface area contributed by atoms with Gasteiger partial charge in [0.05, 0.1) is 23.9 Å². The summed E-state index contributed by atoms with van der Waals surface area (Å²) in [6.07, 6.45) is 6.78. The van der Waals surface area contributed by atoms with Gasteiger partial charge in [-0.15, -0.1) is 0 Å². The van der Waals surface area contributed by atoms with E-state index < -0.39 is 29.8 Å². The lowest BCUT2D eigenvalue weighted by Crippen LogP contribution is -2.53. The second-order valence-corrected chi connectivity index (χ2v) is 12.7. The summed E-state index contributed by atoms with van der Waals surface area (Å²) >= 11 is 3.51. The molecule has 0 amide bonds. The van der Waals surface area contributed by atoms with Crippen LogP contribution >= 0.6 is 15.9 Å². The summed E-state index contributed by atoms with van der Waals surface area (Å²) in [5, 5.41) is 16.9. The van der Waals surface area contributed by atoms with E-state index in [9.17, 15) is 19.5 Å². The summed E-state index contributed by atoms with van der Waals surface area (Å²) in [6.45, 7) is 3.20. The number of Topliss-reactive ketones (excluding diaryl/α,β-unsaturated/α-hetero) is 2. The van der Waals surface area contributed by atoms with Crippen molar-refractivity contribution in [3.63, 3.8) is 0 Å². The lowest BCUT2D eigenvalue weighted by Gasteiger charge is -2.31. The topological polar surface area (TPSA) is 131 Å². The van der Waals surface area contributed by atoms with Gasteiger partial charge in [0.1, 0.15) is 12.0 Å². The van der Waals surface area contributed by atoms with Crippen LogP contribution in [-0.2, 0) is 14.9 Å². The van der Waals surface area contributed by atoms with Crippen molar-refractivity contribution in [3.8, 4) is 0 Å². The molecule has 1 fully saturated rings. The predicted octanol–water partition coefficient (Wildman–Crippen LogP) is 5.92. The molecule has 1 aliphatic carbocycles. The molecule has 0 aromatic heterocycles. The molecule has 45 heavy (non-hydrogen) atoms. The zero-order valence-electron chi connectivity index (χ0n) is 26.1. The third-order valence-electron chi connectivity index (χ3n) is 8.78. The number of aliphatic hydroxyl groups excluding tert-OH is 1. The fourth-order valence-corrected chi connectivity index (χ4v) is 6.59. The lowest BCUT2D eigenvalue weighted by atomic mass is 9.71. The van der Waals surface area contributed by atoms with E-state index in [2.05, 4.69) is 33.5 Å². The first-order valence-corrected chi connectivity index (χ1v) is 16.6. The van der Waals surface area contributed by atoms with Crippen LogP contribution in [0.2, 0.25) is 0 Å². The van der Waals surface area contributed by atoms with E-state index in [0.717, 1.165) is 24.8 Å². The Kier molecular flexibility index (Phi) is 12.5. The number of rotatable bonds is 15. The molecule has 0 bridgehead atoms. The van der Waals surface area contributed by atoms with Crippen molar-refractivity contribution >= 4 is 39.2 Å². The zero-order valence-corrected chi connectivity index (χ0v) is 27.6. The molecule has 3 unspecified atom stereocenters. The highest BCUT2D eigenvalue weighted by Gasteiger charge is 2.45. The number of nitrogens with two attached hydrogens (primary N) is 1. The Labute approximate surface area is 274 Å². The number of hydrogen-bond acceptors (Lipinski definition) is 8. The summed E-state index contributed by atoms with van der Waals surface area (Å²) in [5.74, 6) is -1.36. The summed E-state index contributed by atoms with van der Waals surface area (Å²) in [7, 11) is 0. The first-order valence-electron chi connectivity index (χ1n) is 15.8. The largest absolute Gasteiger partial charge is 0.461 e. The van der Waals surface area contributed by atoms with Crippen molar-refractivity contribution in [3.05, 3.63) is 99.5 Å². The van der Waals surface area contributed by atoms with E-state index in [1.54, 1.807) is 73.7 Å². The van der Waals surface area contributed by atoms with Gasteiger partial charge in [0.2, 0.25) is 0 Å². The monoisotopic (exact) mass is 677 g/mol. The highest BCUT2D eigenvalue weighted by molar-refractivity contribution is 9.10. The van der Waals surface area contributed by atoms with Gasteiger partial charge in [0.15, 0.2) is 11.6 Å². The zero-order chi connectivity index (χ0) is 32.4. The van der Waals surface area contributed by atoms with E-state index in [0.29, 0.717) is 32.9 Å². The van der Waals surface area contributed by atoms with Crippen molar-refractivity contribution in [1.82, 2.24) is 10.6 Å². The average Bonchev–Trinajstić information content (AvgIpc) is 3.08.